The number of benzene rings is 2. The van der Waals surface area contributed by atoms with Gasteiger partial charge in [-0.05, 0) is 103 Å². The molecule has 2 heteroatoms. The second kappa shape index (κ2) is 5.62. The van der Waals surface area contributed by atoms with Gasteiger partial charge < -0.3 is 5.11 Å². The molecule has 0 heterocycles. The van der Waals surface area contributed by atoms with Crippen LogP contribution in [0.15, 0.2) is 46.9 Å². The molecule has 4 saturated carbocycles. The Kier molecular flexibility index (Phi) is 3.52. The van der Waals surface area contributed by atoms with E-state index in [1.165, 1.54) is 43.2 Å². The van der Waals surface area contributed by atoms with Crippen molar-refractivity contribution in [1.29, 1.82) is 0 Å². The normalized spacial score (nSPS) is 33.8. The molecule has 2 aromatic rings. The molecule has 0 radical (unpaired) electrons. The third kappa shape index (κ3) is 2.50. The van der Waals surface area contributed by atoms with Gasteiger partial charge in [0.2, 0.25) is 0 Å². The molecule has 4 fully saturated rings. The molecule has 0 aliphatic heterocycles. The van der Waals surface area contributed by atoms with E-state index in [-0.39, 0.29) is 0 Å². The van der Waals surface area contributed by atoms with Gasteiger partial charge in [-0.1, -0.05) is 34.1 Å². The van der Waals surface area contributed by atoms with Crippen molar-refractivity contribution in [2.75, 3.05) is 0 Å². The summed E-state index contributed by atoms with van der Waals surface area (Å²) in [6.45, 7) is 0. The molecule has 6 rings (SSSR count). The Morgan fingerprint density at radius 2 is 1.38 bits per heavy atom. The average molecular weight is 383 g/mol. The van der Waals surface area contributed by atoms with E-state index in [0.717, 1.165) is 33.7 Å². The van der Waals surface area contributed by atoms with E-state index in [2.05, 4.69) is 46.3 Å². The van der Waals surface area contributed by atoms with Gasteiger partial charge in [0.25, 0.3) is 0 Å². The summed E-state index contributed by atoms with van der Waals surface area (Å²) >= 11 is 3.50. The second-order valence-electron chi connectivity index (χ2n) is 8.28. The molecule has 0 spiro atoms. The third-order valence-corrected chi connectivity index (χ3v) is 7.26. The SMILES string of the molecule is Oc1cc(-c2ccc(Br)cc2)cc(C2C3CC4CC(C3)CC2C4)c1. The van der Waals surface area contributed by atoms with Gasteiger partial charge in [0.15, 0.2) is 0 Å². The molecule has 2 aromatic carbocycles. The van der Waals surface area contributed by atoms with Gasteiger partial charge in [-0.3, -0.25) is 0 Å². The van der Waals surface area contributed by atoms with E-state index in [4.69, 9.17) is 0 Å². The molecular formula is C22H23BrO. The van der Waals surface area contributed by atoms with E-state index in [1.54, 1.807) is 0 Å². The third-order valence-electron chi connectivity index (χ3n) is 6.73. The van der Waals surface area contributed by atoms with Crippen LogP contribution in [0.25, 0.3) is 11.1 Å². The number of halogens is 1. The maximum absolute atomic E-state index is 10.4. The Morgan fingerprint density at radius 1 is 0.750 bits per heavy atom. The molecule has 124 valence electrons. The highest BCUT2D eigenvalue weighted by Gasteiger charge is 2.48. The van der Waals surface area contributed by atoms with Gasteiger partial charge in [0.1, 0.15) is 5.75 Å². The molecule has 1 nitrogen and oxygen atoms in total. The van der Waals surface area contributed by atoms with Crippen LogP contribution in [0, 0.1) is 23.7 Å². The largest absolute Gasteiger partial charge is 0.508 e. The number of phenols is 1. The molecule has 24 heavy (non-hydrogen) atoms. The Balaban J connectivity index is 1.53. The first kappa shape index (κ1) is 15.0. The molecule has 4 aliphatic rings. The van der Waals surface area contributed by atoms with Crippen molar-refractivity contribution >= 4 is 15.9 Å². The van der Waals surface area contributed by atoms with Crippen LogP contribution in [-0.2, 0) is 0 Å². The Hall–Kier alpha value is -1.28. The monoisotopic (exact) mass is 382 g/mol. The standard InChI is InChI=1S/C22H23BrO/c23-20-3-1-15(2-4-20)16-10-19(12-21(24)11-16)22-17-6-13-5-14(8-17)9-18(22)7-13/h1-4,10-14,17-18,22,24H,5-9H2. The highest BCUT2D eigenvalue weighted by Crippen LogP contribution is 2.60. The van der Waals surface area contributed by atoms with Gasteiger partial charge in [0.05, 0.1) is 0 Å². The second-order valence-corrected chi connectivity index (χ2v) is 9.19. The lowest BCUT2D eigenvalue weighted by Gasteiger charge is -2.54. The Bertz CT molecular complexity index is 736. The molecule has 1 N–H and O–H groups in total. The molecule has 4 aliphatic carbocycles. The van der Waals surface area contributed by atoms with E-state index < -0.39 is 0 Å². The number of hydrogen-bond acceptors (Lipinski definition) is 1. The van der Waals surface area contributed by atoms with Crippen molar-refractivity contribution in [3.8, 4) is 16.9 Å². The van der Waals surface area contributed by atoms with Gasteiger partial charge >= 0.3 is 0 Å². The highest BCUT2D eigenvalue weighted by molar-refractivity contribution is 9.10. The predicted molar refractivity (Wildman–Crippen MR) is 101 cm³/mol. The Morgan fingerprint density at radius 3 is 2.00 bits per heavy atom. The van der Waals surface area contributed by atoms with E-state index in [0.29, 0.717) is 11.7 Å². The van der Waals surface area contributed by atoms with Crippen molar-refractivity contribution in [3.63, 3.8) is 0 Å². The fourth-order valence-electron chi connectivity index (χ4n) is 6.11. The minimum atomic E-state index is 0.416. The summed E-state index contributed by atoms with van der Waals surface area (Å²) in [5.74, 6) is 4.76. The predicted octanol–water partition coefficient (Wildman–Crippen LogP) is 6.36. The zero-order valence-corrected chi connectivity index (χ0v) is 15.4. The molecule has 0 aromatic heterocycles. The highest BCUT2D eigenvalue weighted by atomic mass is 79.9. The summed E-state index contributed by atoms with van der Waals surface area (Å²) < 4.78 is 1.09. The summed E-state index contributed by atoms with van der Waals surface area (Å²) in [7, 11) is 0. The summed E-state index contributed by atoms with van der Waals surface area (Å²) in [4.78, 5) is 0. The van der Waals surface area contributed by atoms with Crippen LogP contribution in [0.1, 0.15) is 43.6 Å². The van der Waals surface area contributed by atoms with Crippen molar-refractivity contribution in [2.24, 2.45) is 23.7 Å². The fraction of sp³-hybridized carbons (Fsp3) is 0.455. The maximum atomic E-state index is 10.4. The van der Waals surface area contributed by atoms with E-state index in [9.17, 15) is 5.11 Å². The van der Waals surface area contributed by atoms with E-state index in [1.807, 2.05) is 12.1 Å². The van der Waals surface area contributed by atoms with Crippen LogP contribution in [-0.4, -0.2) is 5.11 Å². The topological polar surface area (TPSA) is 20.2 Å². The maximum Gasteiger partial charge on any atom is 0.116 e. The smallest absolute Gasteiger partial charge is 0.116 e. The minimum absolute atomic E-state index is 0.416. The van der Waals surface area contributed by atoms with E-state index >= 15 is 0 Å². The molecule has 4 bridgehead atoms. The fourth-order valence-corrected chi connectivity index (χ4v) is 6.37. The summed E-state index contributed by atoms with van der Waals surface area (Å²) in [6.07, 6.45) is 7.16. The number of rotatable bonds is 2. The number of hydrogen-bond donors (Lipinski definition) is 1. The van der Waals surface area contributed by atoms with Crippen molar-refractivity contribution < 1.29 is 5.11 Å². The zero-order chi connectivity index (χ0) is 16.3. The molecule has 0 amide bonds. The first-order chi connectivity index (χ1) is 11.7. The van der Waals surface area contributed by atoms with Gasteiger partial charge in [-0.2, -0.15) is 0 Å². The summed E-state index contributed by atoms with van der Waals surface area (Å²) in [5.41, 5.74) is 3.70. The first-order valence-corrected chi connectivity index (χ1v) is 10.0. The van der Waals surface area contributed by atoms with Gasteiger partial charge in [-0.15, -0.1) is 0 Å². The molecule has 0 unspecified atom stereocenters. The van der Waals surface area contributed by atoms with Crippen LogP contribution in [0.5, 0.6) is 5.75 Å². The number of aromatic hydroxyl groups is 1. The lowest BCUT2D eigenvalue weighted by Crippen LogP contribution is -2.43. The minimum Gasteiger partial charge on any atom is -0.508 e. The number of phenolic OH excluding ortho intramolecular Hbond substituents is 1. The van der Waals surface area contributed by atoms with Crippen molar-refractivity contribution in [3.05, 3.63) is 52.5 Å². The molecular weight excluding hydrogens is 360 g/mol. The Labute approximate surface area is 152 Å². The lowest BCUT2D eigenvalue weighted by molar-refractivity contribution is -0.00280. The van der Waals surface area contributed by atoms with Gasteiger partial charge in [-0.25, -0.2) is 0 Å². The van der Waals surface area contributed by atoms with Crippen LogP contribution >= 0.6 is 15.9 Å². The van der Waals surface area contributed by atoms with Crippen molar-refractivity contribution in [1.82, 2.24) is 0 Å². The average Bonchev–Trinajstić information content (AvgIpc) is 2.54. The summed E-state index contributed by atoms with van der Waals surface area (Å²) in [5, 5.41) is 10.4. The van der Waals surface area contributed by atoms with Crippen LogP contribution < -0.4 is 0 Å². The van der Waals surface area contributed by atoms with Crippen LogP contribution in [0.3, 0.4) is 0 Å². The zero-order valence-electron chi connectivity index (χ0n) is 13.8. The lowest BCUT2D eigenvalue weighted by atomic mass is 9.50. The first-order valence-electron chi connectivity index (χ1n) is 9.25. The quantitative estimate of drug-likeness (QED) is 0.640. The molecule has 0 saturated heterocycles. The van der Waals surface area contributed by atoms with Crippen LogP contribution in [0.2, 0.25) is 0 Å². The summed E-state index contributed by atoms with van der Waals surface area (Å²) in [6, 6.07) is 14.7. The van der Waals surface area contributed by atoms with Gasteiger partial charge in [0, 0.05) is 4.47 Å². The van der Waals surface area contributed by atoms with Crippen LogP contribution in [0.4, 0.5) is 0 Å². The molecule has 0 atom stereocenters. The van der Waals surface area contributed by atoms with Crippen molar-refractivity contribution in [2.45, 2.75) is 38.0 Å².